The highest BCUT2D eigenvalue weighted by molar-refractivity contribution is 8.01. The van der Waals surface area contributed by atoms with Crippen LogP contribution in [0.3, 0.4) is 0 Å². The summed E-state index contributed by atoms with van der Waals surface area (Å²) in [6.45, 7) is 0. The lowest BCUT2D eigenvalue weighted by molar-refractivity contribution is -0.116. The second-order valence-electron chi connectivity index (χ2n) is 7.01. The maximum atomic E-state index is 14.4. The van der Waals surface area contributed by atoms with E-state index in [1.54, 1.807) is 18.6 Å². The molecule has 5 heteroatoms. The van der Waals surface area contributed by atoms with E-state index < -0.39 is 0 Å². The van der Waals surface area contributed by atoms with E-state index in [9.17, 15) is 9.18 Å². The number of halogens is 1. The Hall–Kier alpha value is -2.14. The minimum atomic E-state index is -0.275. The molecule has 132 valence electrons. The number of hydrogen-bond donors (Lipinski definition) is 0. The number of nitrogens with zero attached hydrogens (tertiary/aromatic N) is 1. The first-order chi connectivity index (χ1) is 12.7. The summed E-state index contributed by atoms with van der Waals surface area (Å²) in [7, 11) is 0. The molecule has 1 fully saturated rings. The smallest absolute Gasteiger partial charge is 0.161 e. The van der Waals surface area contributed by atoms with Crippen molar-refractivity contribution >= 4 is 23.3 Å². The first-order valence-corrected chi connectivity index (χ1v) is 10.0. The molecule has 1 saturated heterocycles. The summed E-state index contributed by atoms with van der Waals surface area (Å²) < 4.78 is 19.6. The molecular formula is C21H18FNO2S. The fraction of sp³-hybridized carbons (Fsp3) is 0.333. The summed E-state index contributed by atoms with van der Waals surface area (Å²) in [6.07, 6.45) is 6.42. The molecule has 0 bridgehead atoms. The third-order valence-corrected chi connectivity index (χ3v) is 6.83. The molecule has 2 unspecified atom stereocenters. The molecule has 2 aliphatic heterocycles. The third kappa shape index (κ3) is 2.49. The molecule has 3 aliphatic rings. The highest BCUT2D eigenvalue weighted by Gasteiger charge is 2.42. The predicted molar refractivity (Wildman–Crippen MR) is 101 cm³/mol. The van der Waals surface area contributed by atoms with E-state index in [-0.39, 0.29) is 22.8 Å². The maximum absolute atomic E-state index is 14.4. The second-order valence-corrected chi connectivity index (χ2v) is 8.26. The van der Waals surface area contributed by atoms with Gasteiger partial charge in [0.2, 0.25) is 0 Å². The second kappa shape index (κ2) is 6.23. The van der Waals surface area contributed by atoms with Crippen LogP contribution >= 0.6 is 11.8 Å². The molecule has 1 aromatic carbocycles. The number of fused-ring (bicyclic) bond motifs is 1. The van der Waals surface area contributed by atoms with Crippen molar-refractivity contribution in [2.45, 2.75) is 36.9 Å². The van der Waals surface area contributed by atoms with Gasteiger partial charge in [-0.3, -0.25) is 9.79 Å². The average Bonchev–Trinajstić information content (AvgIpc) is 3.32. The van der Waals surface area contributed by atoms with Crippen LogP contribution in [0.5, 0.6) is 0 Å². The van der Waals surface area contributed by atoms with Gasteiger partial charge in [0.1, 0.15) is 5.82 Å². The lowest BCUT2D eigenvalue weighted by Crippen LogP contribution is -2.32. The Bertz CT molecular complexity index is 945. The van der Waals surface area contributed by atoms with E-state index in [1.165, 1.54) is 11.8 Å². The van der Waals surface area contributed by atoms with Crippen LogP contribution in [-0.2, 0) is 4.79 Å². The molecule has 0 radical (unpaired) electrons. The minimum absolute atomic E-state index is 0.0240. The van der Waals surface area contributed by atoms with E-state index in [0.29, 0.717) is 12.0 Å². The average molecular weight is 367 g/mol. The quantitative estimate of drug-likeness (QED) is 0.738. The van der Waals surface area contributed by atoms with Gasteiger partial charge in [-0.25, -0.2) is 4.39 Å². The normalized spacial score (nSPS) is 25.1. The molecule has 1 aliphatic carbocycles. The van der Waals surface area contributed by atoms with E-state index in [2.05, 4.69) is 0 Å². The number of hydrogen-bond acceptors (Lipinski definition) is 4. The van der Waals surface area contributed by atoms with Crippen molar-refractivity contribution in [2.75, 3.05) is 5.75 Å². The van der Waals surface area contributed by atoms with Crippen molar-refractivity contribution in [3.63, 3.8) is 0 Å². The van der Waals surface area contributed by atoms with Crippen LogP contribution in [0, 0.1) is 5.82 Å². The van der Waals surface area contributed by atoms with Crippen LogP contribution in [0.15, 0.2) is 57.5 Å². The van der Waals surface area contributed by atoms with Crippen LogP contribution in [0.25, 0.3) is 11.1 Å². The van der Waals surface area contributed by atoms with Crippen LogP contribution in [-0.4, -0.2) is 22.5 Å². The van der Waals surface area contributed by atoms with E-state index in [0.717, 1.165) is 47.4 Å². The van der Waals surface area contributed by atoms with Crippen molar-refractivity contribution < 1.29 is 13.6 Å². The minimum Gasteiger partial charge on any atom is -0.472 e. The molecule has 0 N–H and O–H groups in total. The number of ketones is 1. The predicted octanol–water partition coefficient (Wildman–Crippen LogP) is 5.14. The summed E-state index contributed by atoms with van der Waals surface area (Å²) in [5.74, 6) is 0.942. The molecule has 1 aromatic heterocycles. The van der Waals surface area contributed by atoms with Crippen molar-refractivity contribution in [1.29, 1.82) is 0 Å². The topological polar surface area (TPSA) is 42.6 Å². The lowest BCUT2D eigenvalue weighted by Gasteiger charge is -2.33. The summed E-state index contributed by atoms with van der Waals surface area (Å²) in [4.78, 5) is 17.6. The first-order valence-electron chi connectivity index (χ1n) is 8.99. The molecule has 0 saturated carbocycles. The highest BCUT2D eigenvalue weighted by atomic mass is 32.2. The first kappa shape index (κ1) is 16.1. The lowest BCUT2D eigenvalue weighted by atomic mass is 9.76. The number of carbonyl (C=O) groups excluding carboxylic acids is 1. The van der Waals surface area contributed by atoms with Crippen molar-refractivity contribution in [1.82, 2.24) is 0 Å². The van der Waals surface area contributed by atoms with Crippen LogP contribution in [0.2, 0.25) is 0 Å². The van der Waals surface area contributed by atoms with E-state index in [4.69, 9.17) is 9.41 Å². The molecule has 2 aromatic rings. The fourth-order valence-corrected chi connectivity index (χ4v) is 5.72. The van der Waals surface area contributed by atoms with Gasteiger partial charge in [0.05, 0.1) is 17.8 Å². The fourth-order valence-electron chi connectivity index (χ4n) is 4.29. The number of aliphatic imine (C=N–C) groups is 1. The Morgan fingerprint density at radius 1 is 1.19 bits per heavy atom. The van der Waals surface area contributed by atoms with Crippen LogP contribution in [0.1, 0.15) is 37.2 Å². The van der Waals surface area contributed by atoms with Gasteiger partial charge in [-0.05, 0) is 48.8 Å². The van der Waals surface area contributed by atoms with Crippen molar-refractivity contribution in [2.24, 2.45) is 4.99 Å². The number of benzene rings is 1. The maximum Gasteiger partial charge on any atom is 0.161 e. The zero-order chi connectivity index (χ0) is 17.7. The van der Waals surface area contributed by atoms with Crippen LogP contribution < -0.4 is 0 Å². The van der Waals surface area contributed by atoms with E-state index >= 15 is 0 Å². The highest BCUT2D eigenvalue weighted by Crippen LogP contribution is 2.48. The molecular weight excluding hydrogens is 349 g/mol. The number of thioether (sulfide) groups is 1. The number of allylic oxidation sites excluding steroid dienone is 2. The Morgan fingerprint density at radius 3 is 2.96 bits per heavy atom. The Kier molecular flexibility index (Phi) is 3.85. The number of carbonyl (C=O) groups is 1. The zero-order valence-corrected chi connectivity index (χ0v) is 15.0. The summed E-state index contributed by atoms with van der Waals surface area (Å²) in [5.41, 5.74) is 5.27. The van der Waals surface area contributed by atoms with Gasteiger partial charge in [-0.15, -0.1) is 0 Å². The monoisotopic (exact) mass is 367 g/mol. The Labute approximate surface area is 155 Å². The van der Waals surface area contributed by atoms with Gasteiger partial charge in [-0.2, -0.15) is 11.8 Å². The van der Waals surface area contributed by atoms with E-state index in [1.807, 2.05) is 23.9 Å². The van der Waals surface area contributed by atoms with Gasteiger partial charge in [0.25, 0.3) is 0 Å². The molecule has 3 nitrogen and oxygen atoms in total. The van der Waals surface area contributed by atoms with Gasteiger partial charge in [-0.1, -0.05) is 6.07 Å². The Balaban J connectivity index is 1.66. The Morgan fingerprint density at radius 2 is 2.12 bits per heavy atom. The summed E-state index contributed by atoms with van der Waals surface area (Å²) in [6, 6.07) is 6.99. The third-order valence-electron chi connectivity index (χ3n) is 5.49. The SMILES string of the molecule is O=C1CCCC2=C1C(c1ccc(F)c(-c3ccoc3)c1)C1SCCC1=N2. The standard InChI is InChI=1S/C21H18FNO2S/c22-15-5-4-12(10-14(15)13-6-8-25-11-13)19-20-16(2-1-3-18(20)24)23-17-7-9-26-21(17)19/h4-6,8,10-11,19,21H,1-3,7,9H2. The van der Waals surface area contributed by atoms with Crippen molar-refractivity contribution in [3.05, 3.63) is 59.4 Å². The van der Waals surface area contributed by atoms with Gasteiger partial charge in [0.15, 0.2) is 5.78 Å². The van der Waals surface area contributed by atoms with Gasteiger partial charge >= 0.3 is 0 Å². The molecule has 3 heterocycles. The number of rotatable bonds is 2. The molecule has 2 atom stereocenters. The zero-order valence-electron chi connectivity index (χ0n) is 14.2. The number of Topliss-reactive ketones (excluding diaryl/α,β-unsaturated/α-hetero) is 1. The van der Waals surface area contributed by atoms with Crippen LogP contribution in [0.4, 0.5) is 4.39 Å². The number of furan rings is 1. The molecule has 0 amide bonds. The largest absolute Gasteiger partial charge is 0.472 e. The summed E-state index contributed by atoms with van der Waals surface area (Å²) in [5, 5.41) is 0.193. The molecule has 5 rings (SSSR count). The van der Waals surface area contributed by atoms with Gasteiger partial charge in [0, 0.05) is 40.4 Å². The van der Waals surface area contributed by atoms with Crippen molar-refractivity contribution in [3.8, 4) is 11.1 Å². The molecule has 0 spiro atoms. The molecule has 26 heavy (non-hydrogen) atoms. The summed E-state index contributed by atoms with van der Waals surface area (Å²) >= 11 is 1.87. The van der Waals surface area contributed by atoms with Gasteiger partial charge < -0.3 is 4.42 Å².